The Kier molecular flexibility index (Phi) is 3.36. The van der Waals surface area contributed by atoms with Crippen molar-refractivity contribution in [2.24, 2.45) is 10.9 Å². The lowest BCUT2D eigenvalue weighted by atomic mass is 10.1. The average molecular weight is 236 g/mol. The number of rotatable bonds is 2. The van der Waals surface area contributed by atoms with Crippen molar-refractivity contribution < 1.29 is 22.8 Å². The van der Waals surface area contributed by atoms with E-state index in [1.54, 1.807) is 0 Å². The van der Waals surface area contributed by atoms with Crippen LogP contribution in [0.1, 0.15) is 11.1 Å². The van der Waals surface area contributed by atoms with E-state index in [9.17, 15) is 17.6 Å². The molecule has 0 heterocycles. The summed E-state index contributed by atoms with van der Waals surface area (Å²) < 4.78 is 49.7. The van der Waals surface area contributed by atoms with Crippen LogP contribution in [0.25, 0.3) is 0 Å². The molecule has 1 aromatic carbocycles. The molecule has 0 atom stereocenters. The molecule has 3 nitrogen and oxygen atoms in total. The van der Waals surface area contributed by atoms with Crippen LogP contribution in [-0.4, -0.2) is 11.0 Å². The summed E-state index contributed by atoms with van der Waals surface area (Å²) in [5, 5.41) is 10.8. The molecule has 1 rings (SSSR count). The molecule has 0 radical (unpaired) electrons. The number of benzene rings is 1. The summed E-state index contributed by atoms with van der Waals surface area (Å²) in [5.74, 6) is -1.31. The molecule has 0 aromatic heterocycles. The highest BCUT2D eigenvalue weighted by Gasteiger charge is 2.31. The van der Waals surface area contributed by atoms with Crippen molar-refractivity contribution in [3.8, 4) is 0 Å². The van der Waals surface area contributed by atoms with Crippen molar-refractivity contribution in [2.45, 2.75) is 12.6 Å². The molecular formula is C9H8F4N2O. The third kappa shape index (κ3) is 3.11. The van der Waals surface area contributed by atoms with Gasteiger partial charge in [-0.3, -0.25) is 0 Å². The first kappa shape index (κ1) is 12.3. The van der Waals surface area contributed by atoms with Crippen LogP contribution < -0.4 is 5.73 Å². The van der Waals surface area contributed by atoms with Crippen molar-refractivity contribution in [3.05, 3.63) is 35.1 Å². The first-order valence-electron chi connectivity index (χ1n) is 4.16. The Balaban J connectivity index is 3.09. The van der Waals surface area contributed by atoms with Crippen molar-refractivity contribution in [1.82, 2.24) is 0 Å². The minimum atomic E-state index is -4.62. The molecule has 0 fully saturated rings. The van der Waals surface area contributed by atoms with Gasteiger partial charge in [-0.25, -0.2) is 4.39 Å². The highest BCUT2D eigenvalue weighted by atomic mass is 19.4. The summed E-state index contributed by atoms with van der Waals surface area (Å²) in [6, 6.07) is 2.03. The molecule has 88 valence electrons. The van der Waals surface area contributed by atoms with Crippen LogP contribution in [0.5, 0.6) is 0 Å². The Morgan fingerprint density at radius 1 is 1.31 bits per heavy atom. The van der Waals surface area contributed by atoms with Gasteiger partial charge in [-0.1, -0.05) is 5.16 Å². The van der Waals surface area contributed by atoms with E-state index in [4.69, 9.17) is 10.9 Å². The predicted octanol–water partition coefficient (Wildman–Crippen LogP) is 2.13. The Bertz CT molecular complexity index is 414. The van der Waals surface area contributed by atoms with Gasteiger partial charge in [0.2, 0.25) is 0 Å². The van der Waals surface area contributed by atoms with Crippen LogP contribution in [0, 0.1) is 5.82 Å². The Labute approximate surface area is 88.2 Å². The van der Waals surface area contributed by atoms with Crippen LogP contribution >= 0.6 is 0 Å². The van der Waals surface area contributed by atoms with Gasteiger partial charge in [-0.05, 0) is 23.8 Å². The zero-order valence-electron chi connectivity index (χ0n) is 7.92. The Morgan fingerprint density at radius 3 is 2.44 bits per heavy atom. The van der Waals surface area contributed by atoms with Crippen LogP contribution in [0.15, 0.2) is 23.4 Å². The molecule has 0 unspecified atom stereocenters. The zero-order valence-corrected chi connectivity index (χ0v) is 7.92. The third-order valence-electron chi connectivity index (χ3n) is 1.80. The van der Waals surface area contributed by atoms with E-state index < -0.39 is 17.6 Å². The van der Waals surface area contributed by atoms with Crippen LogP contribution in [0.3, 0.4) is 0 Å². The molecule has 0 saturated heterocycles. The zero-order chi connectivity index (χ0) is 12.3. The lowest BCUT2D eigenvalue weighted by Crippen LogP contribution is -2.15. The molecule has 0 amide bonds. The molecule has 0 aliphatic carbocycles. The van der Waals surface area contributed by atoms with Gasteiger partial charge in [0.25, 0.3) is 0 Å². The first-order valence-corrected chi connectivity index (χ1v) is 4.16. The van der Waals surface area contributed by atoms with Crippen molar-refractivity contribution >= 4 is 5.84 Å². The normalized spacial score (nSPS) is 12.9. The number of amidine groups is 1. The number of nitrogens with two attached hydrogens (primary N) is 1. The second-order valence-electron chi connectivity index (χ2n) is 3.11. The van der Waals surface area contributed by atoms with Gasteiger partial charge in [0.15, 0.2) is 0 Å². The van der Waals surface area contributed by atoms with Gasteiger partial charge in [-0.2, -0.15) is 13.2 Å². The summed E-state index contributed by atoms with van der Waals surface area (Å²) in [4.78, 5) is 0. The quantitative estimate of drug-likeness (QED) is 0.272. The molecule has 7 heteroatoms. The smallest absolute Gasteiger partial charge is 0.409 e. The van der Waals surface area contributed by atoms with Gasteiger partial charge >= 0.3 is 6.18 Å². The number of oxime groups is 1. The van der Waals surface area contributed by atoms with Crippen molar-refractivity contribution in [3.63, 3.8) is 0 Å². The number of hydrogen-bond acceptors (Lipinski definition) is 2. The summed E-state index contributed by atoms with van der Waals surface area (Å²) in [6.45, 7) is 0. The maximum absolute atomic E-state index is 12.9. The van der Waals surface area contributed by atoms with Gasteiger partial charge < -0.3 is 10.9 Å². The average Bonchev–Trinajstić information content (AvgIpc) is 2.15. The number of nitrogens with zero attached hydrogens (tertiary/aromatic N) is 1. The van der Waals surface area contributed by atoms with E-state index in [2.05, 4.69) is 5.16 Å². The van der Waals surface area contributed by atoms with Crippen molar-refractivity contribution in [2.75, 3.05) is 0 Å². The number of alkyl halides is 3. The van der Waals surface area contributed by atoms with E-state index in [0.717, 1.165) is 12.1 Å². The summed E-state index contributed by atoms with van der Waals surface area (Å²) in [6.07, 6.45) is -4.88. The highest BCUT2D eigenvalue weighted by Crippen LogP contribution is 2.30. The van der Waals surface area contributed by atoms with E-state index in [1.807, 2.05) is 0 Å². The van der Waals surface area contributed by atoms with E-state index >= 15 is 0 Å². The van der Waals surface area contributed by atoms with Crippen LogP contribution in [0.4, 0.5) is 17.6 Å². The van der Waals surface area contributed by atoms with Gasteiger partial charge in [-0.15, -0.1) is 0 Å². The first-order chi connectivity index (χ1) is 7.32. The fourth-order valence-corrected chi connectivity index (χ4v) is 1.16. The van der Waals surface area contributed by atoms with Gasteiger partial charge in [0.1, 0.15) is 11.7 Å². The maximum Gasteiger partial charge on any atom is 0.416 e. The predicted molar refractivity (Wildman–Crippen MR) is 48.5 cm³/mol. The Hall–Kier alpha value is -1.79. The standard InChI is InChI=1S/C9H8F4N2O/c10-7-2-5(3-8(14)15-16)1-6(4-7)9(11,12)13/h1-2,4,16H,3H2,(H2,14,15). The molecule has 16 heavy (non-hydrogen) atoms. The largest absolute Gasteiger partial charge is 0.416 e. The fraction of sp³-hybridized carbons (Fsp3) is 0.222. The monoisotopic (exact) mass is 236 g/mol. The molecule has 3 N–H and O–H groups in total. The lowest BCUT2D eigenvalue weighted by molar-refractivity contribution is -0.137. The van der Waals surface area contributed by atoms with E-state index in [0.29, 0.717) is 6.07 Å². The highest BCUT2D eigenvalue weighted by molar-refractivity contribution is 5.82. The summed E-state index contributed by atoms with van der Waals surface area (Å²) >= 11 is 0. The van der Waals surface area contributed by atoms with E-state index in [1.165, 1.54) is 0 Å². The van der Waals surface area contributed by atoms with E-state index in [-0.39, 0.29) is 17.8 Å². The fourth-order valence-electron chi connectivity index (χ4n) is 1.16. The van der Waals surface area contributed by atoms with Crippen LogP contribution in [0.2, 0.25) is 0 Å². The Morgan fingerprint density at radius 2 is 1.94 bits per heavy atom. The molecule has 1 aromatic rings. The van der Waals surface area contributed by atoms with Crippen molar-refractivity contribution in [1.29, 1.82) is 0 Å². The maximum atomic E-state index is 12.9. The molecule has 0 saturated carbocycles. The van der Waals surface area contributed by atoms with Gasteiger partial charge in [0.05, 0.1) is 5.56 Å². The summed E-state index contributed by atoms with van der Waals surface area (Å²) in [5.41, 5.74) is 4.00. The minimum absolute atomic E-state index is 0.0115. The molecule has 0 bridgehead atoms. The number of halogens is 4. The second kappa shape index (κ2) is 4.38. The molecule has 0 aliphatic rings. The molecule has 0 spiro atoms. The van der Waals surface area contributed by atoms with Crippen LogP contribution in [-0.2, 0) is 12.6 Å². The molecular weight excluding hydrogens is 228 g/mol. The minimum Gasteiger partial charge on any atom is -0.409 e. The number of hydrogen-bond donors (Lipinski definition) is 2. The summed E-state index contributed by atoms with van der Waals surface area (Å²) in [7, 11) is 0. The topological polar surface area (TPSA) is 58.6 Å². The SMILES string of the molecule is NC(Cc1cc(F)cc(C(F)(F)F)c1)=NO. The third-order valence-corrected chi connectivity index (χ3v) is 1.80. The molecule has 0 aliphatic heterocycles. The lowest BCUT2D eigenvalue weighted by Gasteiger charge is -2.08. The second-order valence-corrected chi connectivity index (χ2v) is 3.11. The van der Waals surface area contributed by atoms with Gasteiger partial charge in [0, 0.05) is 6.42 Å².